The molecule has 0 aliphatic heterocycles. The fraction of sp³-hybridized carbons (Fsp3) is 0.286. The first-order chi connectivity index (χ1) is 9.81. The molecule has 0 amide bonds. The molecule has 5 nitrogen and oxygen atoms in total. The number of sulfonamides is 1. The van der Waals surface area contributed by atoms with Gasteiger partial charge in [-0.25, -0.2) is 12.8 Å². The lowest BCUT2D eigenvalue weighted by molar-refractivity contribution is 0.466. The zero-order valence-corrected chi connectivity index (χ0v) is 12.8. The molecule has 21 heavy (non-hydrogen) atoms. The van der Waals surface area contributed by atoms with Gasteiger partial charge in [-0.1, -0.05) is 0 Å². The average molecular weight is 312 g/mol. The molecule has 0 bridgehead atoms. The average Bonchev–Trinajstić information content (AvgIpc) is 2.69. The minimum Gasteiger partial charge on any atom is -0.464 e. The third-order valence-corrected chi connectivity index (χ3v) is 4.35. The van der Waals surface area contributed by atoms with Gasteiger partial charge in [-0.15, -0.1) is 0 Å². The molecule has 1 heterocycles. The van der Waals surface area contributed by atoms with Gasteiger partial charge in [-0.05, 0) is 44.7 Å². The molecule has 0 saturated heterocycles. The summed E-state index contributed by atoms with van der Waals surface area (Å²) in [6, 6.07) is 5.48. The highest BCUT2D eigenvalue weighted by Gasteiger charge is 2.21. The van der Waals surface area contributed by atoms with Crippen molar-refractivity contribution in [3.8, 4) is 0 Å². The second-order valence-electron chi connectivity index (χ2n) is 4.79. The SMILES string of the molecule is CNCc1cc(S(=O)(=O)Nc2cc(C)cc(F)c2)c(C)o1. The van der Waals surface area contributed by atoms with Crippen molar-refractivity contribution in [3.05, 3.63) is 47.2 Å². The van der Waals surface area contributed by atoms with Gasteiger partial charge in [0.05, 0.1) is 12.2 Å². The van der Waals surface area contributed by atoms with Crippen LogP contribution in [0.25, 0.3) is 0 Å². The van der Waals surface area contributed by atoms with Crippen molar-refractivity contribution in [1.29, 1.82) is 0 Å². The van der Waals surface area contributed by atoms with Crippen LogP contribution in [0.15, 0.2) is 33.6 Å². The van der Waals surface area contributed by atoms with Gasteiger partial charge >= 0.3 is 0 Å². The predicted molar refractivity (Wildman–Crippen MR) is 78.2 cm³/mol. The lowest BCUT2D eigenvalue weighted by Gasteiger charge is -2.08. The molecular formula is C14H17FN2O3S. The van der Waals surface area contributed by atoms with E-state index in [1.54, 1.807) is 27.0 Å². The number of nitrogens with one attached hydrogen (secondary N) is 2. The van der Waals surface area contributed by atoms with Crippen LogP contribution >= 0.6 is 0 Å². The third kappa shape index (κ3) is 3.62. The van der Waals surface area contributed by atoms with E-state index < -0.39 is 15.8 Å². The van der Waals surface area contributed by atoms with Crippen LogP contribution in [0.5, 0.6) is 0 Å². The molecule has 1 aromatic carbocycles. The fourth-order valence-corrected chi connectivity index (χ4v) is 3.30. The zero-order chi connectivity index (χ0) is 15.6. The van der Waals surface area contributed by atoms with Crippen molar-refractivity contribution in [3.63, 3.8) is 0 Å². The minimum atomic E-state index is -3.81. The second-order valence-corrected chi connectivity index (χ2v) is 6.44. The summed E-state index contributed by atoms with van der Waals surface area (Å²) < 4.78 is 45.8. The van der Waals surface area contributed by atoms with Crippen molar-refractivity contribution in [2.45, 2.75) is 25.3 Å². The Hall–Kier alpha value is -1.86. The molecule has 1 aromatic heterocycles. The van der Waals surface area contributed by atoms with Gasteiger partial charge in [0.25, 0.3) is 10.0 Å². The quantitative estimate of drug-likeness (QED) is 0.890. The van der Waals surface area contributed by atoms with Gasteiger partial charge in [0.1, 0.15) is 22.2 Å². The Morgan fingerprint density at radius 1 is 1.19 bits per heavy atom. The van der Waals surface area contributed by atoms with Crippen LogP contribution in [0.3, 0.4) is 0 Å². The molecule has 0 aliphatic rings. The zero-order valence-electron chi connectivity index (χ0n) is 12.0. The van der Waals surface area contributed by atoms with E-state index in [1.807, 2.05) is 0 Å². The standard InChI is InChI=1S/C14H17FN2O3S/c1-9-4-11(15)6-12(5-9)17-21(18,19)14-7-13(8-16-3)20-10(14)2/h4-7,16-17H,8H2,1-3H3. The highest BCUT2D eigenvalue weighted by atomic mass is 32.2. The Labute approximate surface area is 123 Å². The summed E-state index contributed by atoms with van der Waals surface area (Å²) in [7, 11) is -2.08. The first-order valence-corrected chi connectivity index (χ1v) is 7.84. The molecule has 7 heteroatoms. The van der Waals surface area contributed by atoms with E-state index in [-0.39, 0.29) is 10.6 Å². The highest BCUT2D eigenvalue weighted by molar-refractivity contribution is 7.92. The van der Waals surface area contributed by atoms with Crippen LogP contribution in [0.1, 0.15) is 17.1 Å². The van der Waals surface area contributed by atoms with Gasteiger partial charge in [0.2, 0.25) is 0 Å². The second kappa shape index (κ2) is 5.87. The highest BCUT2D eigenvalue weighted by Crippen LogP contribution is 2.23. The molecule has 0 unspecified atom stereocenters. The predicted octanol–water partition coefficient (Wildman–Crippen LogP) is 2.56. The molecule has 2 rings (SSSR count). The summed E-state index contributed by atoms with van der Waals surface area (Å²) in [5.74, 6) is 0.319. The molecular weight excluding hydrogens is 295 g/mol. The molecule has 0 aliphatic carbocycles. The lowest BCUT2D eigenvalue weighted by atomic mass is 10.2. The van der Waals surface area contributed by atoms with E-state index in [4.69, 9.17) is 4.42 Å². The van der Waals surface area contributed by atoms with Gasteiger partial charge in [0.15, 0.2) is 0 Å². The van der Waals surface area contributed by atoms with Gasteiger partial charge in [-0.3, -0.25) is 4.72 Å². The van der Waals surface area contributed by atoms with E-state index in [0.29, 0.717) is 23.6 Å². The van der Waals surface area contributed by atoms with Crippen LogP contribution in [0, 0.1) is 19.7 Å². The van der Waals surface area contributed by atoms with Crippen LogP contribution in [-0.2, 0) is 16.6 Å². The normalized spacial score (nSPS) is 11.6. The fourth-order valence-electron chi connectivity index (χ4n) is 2.06. The van der Waals surface area contributed by atoms with E-state index >= 15 is 0 Å². The summed E-state index contributed by atoms with van der Waals surface area (Å²) in [6.07, 6.45) is 0. The van der Waals surface area contributed by atoms with Gasteiger partial charge in [0, 0.05) is 6.07 Å². The van der Waals surface area contributed by atoms with E-state index in [0.717, 1.165) is 6.07 Å². The first-order valence-electron chi connectivity index (χ1n) is 6.36. The van der Waals surface area contributed by atoms with Crippen molar-refractivity contribution in [2.75, 3.05) is 11.8 Å². The number of furan rings is 1. The summed E-state index contributed by atoms with van der Waals surface area (Å²) in [4.78, 5) is 0.0506. The Morgan fingerprint density at radius 3 is 2.52 bits per heavy atom. The van der Waals surface area contributed by atoms with Crippen LogP contribution < -0.4 is 10.0 Å². The number of hydrogen-bond acceptors (Lipinski definition) is 4. The Bertz CT molecular complexity index is 733. The van der Waals surface area contributed by atoms with Crippen molar-refractivity contribution in [1.82, 2.24) is 5.32 Å². The summed E-state index contributed by atoms with van der Waals surface area (Å²) >= 11 is 0. The monoisotopic (exact) mass is 312 g/mol. The van der Waals surface area contributed by atoms with Crippen LogP contribution in [0.2, 0.25) is 0 Å². The van der Waals surface area contributed by atoms with Crippen LogP contribution in [-0.4, -0.2) is 15.5 Å². The maximum Gasteiger partial charge on any atom is 0.265 e. The summed E-state index contributed by atoms with van der Waals surface area (Å²) in [6.45, 7) is 3.69. The third-order valence-electron chi connectivity index (χ3n) is 2.86. The summed E-state index contributed by atoms with van der Waals surface area (Å²) in [5, 5.41) is 2.88. The maximum atomic E-state index is 13.3. The lowest BCUT2D eigenvalue weighted by Crippen LogP contribution is -2.13. The molecule has 2 aromatic rings. The Kier molecular flexibility index (Phi) is 4.34. The van der Waals surface area contributed by atoms with Crippen molar-refractivity contribution >= 4 is 15.7 Å². The number of rotatable bonds is 5. The number of anilines is 1. The van der Waals surface area contributed by atoms with E-state index in [1.165, 1.54) is 12.1 Å². The minimum absolute atomic E-state index is 0.0506. The topological polar surface area (TPSA) is 71.3 Å². The summed E-state index contributed by atoms with van der Waals surface area (Å²) in [5.41, 5.74) is 0.816. The number of aryl methyl sites for hydroxylation is 2. The number of hydrogen-bond donors (Lipinski definition) is 2. The smallest absolute Gasteiger partial charge is 0.265 e. The van der Waals surface area contributed by atoms with Gasteiger partial charge < -0.3 is 9.73 Å². The Balaban J connectivity index is 2.33. The Morgan fingerprint density at radius 2 is 1.90 bits per heavy atom. The molecule has 2 N–H and O–H groups in total. The molecule has 114 valence electrons. The number of halogens is 1. The van der Waals surface area contributed by atoms with E-state index in [2.05, 4.69) is 10.0 Å². The molecule has 0 radical (unpaired) electrons. The van der Waals surface area contributed by atoms with Gasteiger partial charge in [-0.2, -0.15) is 0 Å². The largest absolute Gasteiger partial charge is 0.464 e. The van der Waals surface area contributed by atoms with Crippen molar-refractivity contribution in [2.24, 2.45) is 0 Å². The molecule has 0 spiro atoms. The maximum absolute atomic E-state index is 13.3. The molecule has 0 atom stereocenters. The van der Waals surface area contributed by atoms with Crippen LogP contribution in [0.4, 0.5) is 10.1 Å². The molecule has 0 saturated carbocycles. The number of benzene rings is 1. The first kappa shape index (κ1) is 15.5. The molecule has 0 fully saturated rings. The van der Waals surface area contributed by atoms with Crippen molar-refractivity contribution < 1.29 is 17.2 Å². The van der Waals surface area contributed by atoms with E-state index in [9.17, 15) is 12.8 Å².